The van der Waals surface area contributed by atoms with Gasteiger partial charge >= 0.3 is 6.03 Å². The number of carbonyl (C=O) groups excluding carboxylic acids is 1. The highest BCUT2D eigenvalue weighted by molar-refractivity contribution is 5.73. The second-order valence-corrected chi connectivity index (χ2v) is 5.14. The van der Waals surface area contributed by atoms with Gasteiger partial charge in [0.05, 0.1) is 0 Å². The minimum atomic E-state index is -0.279. The van der Waals surface area contributed by atoms with Gasteiger partial charge < -0.3 is 10.6 Å². The third kappa shape index (κ3) is 1.24. The Morgan fingerprint density at radius 3 is 2.69 bits per heavy atom. The number of aryl methyl sites for hydroxylation is 1. The highest BCUT2D eigenvalue weighted by atomic mass is 16.2. The number of piperidine rings is 1. The number of rotatable bonds is 1. The van der Waals surface area contributed by atoms with Crippen molar-refractivity contribution in [1.82, 2.24) is 4.90 Å². The van der Waals surface area contributed by atoms with Gasteiger partial charge in [0.1, 0.15) is 0 Å². The van der Waals surface area contributed by atoms with Gasteiger partial charge in [-0.15, -0.1) is 0 Å². The average molecular weight is 216 g/mol. The van der Waals surface area contributed by atoms with E-state index in [0.717, 1.165) is 13.1 Å². The van der Waals surface area contributed by atoms with Crippen LogP contribution in [-0.2, 0) is 5.41 Å². The monoisotopic (exact) mass is 216 g/mol. The molecule has 3 nitrogen and oxygen atoms in total. The molecule has 2 N–H and O–H groups in total. The summed E-state index contributed by atoms with van der Waals surface area (Å²) in [5, 5.41) is 0. The second-order valence-electron chi connectivity index (χ2n) is 5.14. The molecule has 0 bridgehead atoms. The molecule has 1 saturated heterocycles. The summed E-state index contributed by atoms with van der Waals surface area (Å²) in [6.07, 6.45) is 1.21. The first-order chi connectivity index (χ1) is 7.62. The first-order valence-electron chi connectivity index (χ1n) is 5.73. The number of urea groups is 1. The maximum absolute atomic E-state index is 11.1. The van der Waals surface area contributed by atoms with Crippen LogP contribution in [-0.4, -0.2) is 24.0 Å². The number of likely N-dealkylation sites (tertiary alicyclic amines) is 1. The SMILES string of the molecule is Cc1ccc([C@@]23C[C@H]2CN(C(N)=O)C3)cc1. The van der Waals surface area contributed by atoms with Crippen LogP contribution >= 0.6 is 0 Å². The summed E-state index contributed by atoms with van der Waals surface area (Å²) < 4.78 is 0. The molecule has 16 heavy (non-hydrogen) atoms. The molecule has 1 aliphatic heterocycles. The van der Waals surface area contributed by atoms with Crippen LogP contribution in [0.3, 0.4) is 0 Å². The smallest absolute Gasteiger partial charge is 0.314 e. The summed E-state index contributed by atoms with van der Waals surface area (Å²) in [5.41, 5.74) is 8.20. The molecule has 2 amide bonds. The van der Waals surface area contributed by atoms with E-state index in [2.05, 4.69) is 31.2 Å². The van der Waals surface area contributed by atoms with Gasteiger partial charge in [0.25, 0.3) is 0 Å². The van der Waals surface area contributed by atoms with Gasteiger partial charge in [0, 0.05) is 18.5 Å². The predicted molar refractivity (Wildman–Crippen MR) is 62.1 cm³/mol. The Labute approximate surface area is 95.2 Å². The molecule has 1 aromatic carbocycles. The zero-order valence-electron chi connectivity index (χ0n) is 9.44. The molecule has 1 saturated carbocycles. The number of amides is 2. The standard InChI is InChI=1S/C13H16N2O/c1-9-2-4-10(5-3-9)13-6-11(13)7-15(8-13)12(14)16/h2-5,11H,6-8H2,1H3,(H2,14,16)/t11-,13-/m0/s1. The molecule has 0 unspecified atom stereocenters. The molecular weight excluding hydrogens is 200 g/mol. The maximum atomic E-state index is 11.1. The molecule has 3 rings (SSSR count). The molecule has 1 aliphatic carbocycles. The number of hydrogen-bond donors (Lipinski definition) is 1. The van der Waals surface area contributed by atoms with Gasteiger partial charge in [-0.1, -0.05) is 29.8 Å². The number of fused-ring (bicyclic) bond motifs is 1. The average Bonchev–Trinajstić information content (AvgIpc) is 2.82. The molecule has 0 radical (unpaired) electrons. The largest absolute Gasteiger partial charge is 0.351 e. The Morgan fingerprint density at radius 1 is 1.44 bits per heavy atom. The Kier molecular flexibility index (Phi) is 1.82. The maximum Gasteiger partial charge on any atom is 0.314 e. The Morgan fingerprint density at radius 2 is 2.12 bits per heavy atom. The summed E-state index contributed by atoms with van der Waals surface area (Å²) in [6, 6.07) is 8.40. The fourth-order valence-electron chi connectivity index (χ4n) is 2.98. The zero-order valence-corrected chi connectivity index (χ0v) is 9.44. The number of nitrogens with zero attached hydrogens (tertiary/aromatic N) is 1. The number of benzene rings is 1. The number of hydrogen-bond acceptors (Lipinski definition) is 1. The fraction of sp³-hybridized carbons (Fsp3) is 0.462. The van der Waals surface area contributed by atoms with E-state index in [0.29, 0.717) is 5.92 Å². The van der Waals surface area contributed by atoms with Crippen LogP contribution in [0.5, 0.6) is 0 Å². The normalized spacial score (nSPS) is 31.3. The molecular formula is C13H16N2O. The summed E-state index contributed by atoms with van der Waals surface area (Å²) in [4.78, 5) is 12.9. The van der Waals surface area contributed by atoms with Crippen molar-refractivity contribution >= 4 is 6.03 Å². The molecule has 1 heterocycles. The van der Waals surface area contributed by atoms with E-state index in [9.17, 15) is 4.79 Å². The van der Waals surface area contributed by atoms with Gasteiger partial charge in [-0.3, -0.25) is 0 Å². The number of primary amides is 1. The summed E-state index contributed by atoms with van der Waals surface area (Å²) in [5.74, 6) is 0.628. The first kappa shape index (κ1) is 9.70. The summed E-state index contributed by atoms with van der Waals surface area (Å²) in [6.45, 7) is 3.73. The van der Waals surface area contributed by atoms with E-state index in [4.69, 9.17) is 5.73 Å². The van der Waals surface area contributed by atoms with Crippen LogP contribution in [0.4, 0.5) is 4.79 Å². The van der Waals surface area contributed by atoms with Crippen LogP contribution < -0.4 is 5.73 Å². The molecule has 2 aliphatic rings. The highest BCUT2D eigenvalue weighted by Crippen LogP contribution is 2.58. The van der Waals surface area contributed by atoms with Crippen LogP contribution in [0.25, 0.3) is 0 Å². The van der Waals surface area contributed by atoms with E-state index in [1.807, 2.05) is 0 Å². The zero-order chi connectivity index (χ0) is 11.3. The lowest BCUT2D eigenvalue weighted by Gasteiger charge is -2.19. The van der Waals surface area contributed by atoms with Crippen molar-refractivity contribution in [3.05, 3.63) is 35.4 Å². The van der Waals surface area contributed by atoms with E-state index in [1.165, 1.54) is 17.5 Å². The Hall–Kier alpha value is -1.51. The lowest BCUT2D eigenvalue weighted by Crippen LogP contribution is -2.36. The minimum Gasteiger partial charge on any atom is -0.351 e. The van der Waals surface area contributed by atoms with Crippen LogP contribution in [0.2, 0.25) is 0 Å². The van der Waals surface area contributed by atoms with Gasteiger partial charge in [-0.05, 0) is 24.8 Å². The van der Waals surface area contributed by atoms with Crippen molar-refractivity contribution in [3.8, 4) is 0 Å². The third-order valence-corrected chi connectivity index (χ3v) is 4.08. The van der Waals surface area contributed by atoms with E-state index in [-0.39, 0.29) is 11.4 Å². The predicted octanol–water partition coefficient (Wildman–Crippen LogP) is 1.65. The minimum absolute atomic E-state index is 0.225. The van der Waals surface area contributed by atoms with Crippen molar-refractivity contribution in [2.75, 3.05) is 13.1 Å². The quantitative estimate of drug-likeness (QED) is 0.762. The van der Waals surface area contributed by atoms with Crippen LogP contribution in [0.15, 0.2) is 24.3 Å². The molecule has 0 spiro atoms. The van der Waals surface area contributed by atoms with Crippen molar-refractivity contribution in [3.63, 3.8) is 0 Å². The molecule has 0 aromatic heterocycles. The van der Waals surface area contributed by atoms with E-state index < -0.39 is 0 Å². The molecule has 2 atom stereocenters. The van der Waals surface area contributed by atoms with Gasteiger partial charge in [0.15, 0.2) is 0 Å². The summed E-state index contributed by atoms with van der Waals surface area (Å²) >= 11 is 0. The van der Waals surface area contributed by atoms with E-state index >= 15 is 0 Å². The highest BCUT2D eigenvalue weighted by Gasteiger charge is 2.61. The number of carbonyl (C=O) groups is 1. The Bertz CT molecular complexity index is 440. The van der Waals surface area contributed by atoms with Gasteiger partial charge in [-0.25, -0.2) is 4.79 Å². The lowest BCUT2D eigenvalue weighted by atomic mass is 9.94. The van der Waals surface area contributed by atoms with Crippen molar-refractivity contribution < 1.29 is 4.79 Å². The summed E-state index contributed by atoms with van der Waals surface area (Å²) in [7, 11) is 0. The van der Waals surface area contributed by atoms with Gasteiger partial charge in [0.2, 0.25) is 0 Å². The molecule has 3 heteroatoms. The van der Waals surface area contributed by atoms with Crippen molar-refractivity contribution in [2.24, 2.45) is 11.7 Å². The first-order valence-corrected chi connectivity index (χ1v) is 5.73. The number of nitrogens with two attached hydrogens (primary N) is 1. The molecule has 84 valence electrons. The molecule has 1 aromatic rings. The van der Waals surface area contributed by atoms with E-state index in [1.54, 1.807) is 4.90 Å². The van der Waals surface area contributed by atoms with Crippen LogP contribution in [0, 0.1) is 12.8 Å². The second kappa shape index (κ2) is 3.00. The van der Waals surface area contributed by atoms with Crippen LogP contribution in [0.1, 0.15) is 17.5 Å². The lowest BCUT2D eigenvalue weighted by molar-refractivity contribution is 0.212. The fourth-order valence-corrected chi connectivity index (χ4v) is 2.98. The van der Waals surface area contributed by atoms with Crippen molar-refractivity contribution in [1.29, 1.82) is 0 Å². The Balaban J connectivity index is 1.87. The van der Waals surface area contributed by atoms with Crippen molar-refractivity contribution in [2.45, 2.75) is 18.8 Å². The topological polar surface area (TPSA) is 46.3 Å². The molecule has 2 fully saturated rings. The third-order valence-electron chi connectivity index (χ3n) is 4.08. The van der Waals surface area contributed by atoms with Gasteiger partial charge in [-0.2, -0.15) is 0 Å².